The van der Waals surface area contributed by atoms with Gasteiger partial charge in [-0.15, -0.1) is 0 Å². The molecule has 1 N–H and O–H groups in total. The first kappa shape index (κ1) is 15.5. The molecule has 1 aliphatic heterocycles. The fourth-order valence-electron chi connectivity index (χ4n) is 2.08. The molecule has 114 valence electrons. The van der Waals surface area contributed by atoms with E-state index >= 15 is 0 Å². The van der Waals surface area contributed by atoms with Gasteiger partial charge in [-0.3, -0.25) is 4.79 Å². The molecule has 1 saturated heterocycles. The SMILES string of the molecule is CCOc1ccc(/C=N\NC(=O)[C@H]2CCS(=O)(=O)C2)cc1. The summed E-state index contributed by atoms with van der Waals surface area (Å²) in [7, 11) is -3.05. The third kappa shape index (κ3) is 4.56. The minimum Gasteiger partial charge on any atom is -0.494 e. The van der Waals surface area contributed by atoms with E-state index in [9.17, 15) is 13.2 Å². The van der Waals surface area contributed by atoms with Crippen LogP contribution >= 0.6 is 0 Å². The number of carbonyl (C=O) groups is 1. The van der Waals surface area contributed by atoms with Crippen LogP contribution in [0.2, 0.25) is 0 Å². The highest BCUT2D eigenvalue weighted by Gasteiger charge is 2.32. The van der Waals surface area contributed by atoms with Crippen molar-refractivity contribution in [2.75, 3.05) is 18.1 Å². The van der Waals surface area contributed by atoms with Gasteiger partial charge in [-0.05, 0) is 43.2 Å². The van der Waals surface area contributed by atoms with Crippen molar-refractivity contribution in [1.29, 1.82) is 0 Å². The van der Waals surface area contributed by atoms with Crippen molar-refractivity contribution in [1.82, 2.24) is 5.43 Å². The molecule has 0 bridgehead atoms. The molecule has 0 aliphatic carbocycles. The lowest BCUT2D eigenvalue weighted by Gasteiger charge is -2.05. The number of benzene rings is 1. The van der Waals surface area contributed by atoms with Crippen LogP contribution in [-0.4, -0.2) is 38.7 Å². The first-order valence-electron chi connectivity index (χ1n) is 6.76. The summed E-state index contributed by atoms with van der Waals surface area (Å²) in [6, 6.07) is 7.27. The van der Waals surface area contributed by atoms with Gasteiger partial charge in [-0.25, -0.2) is 13.8 Å². The van der Waals surface area contributed by atoms with Crippen LogP contribution in [0, 0.1) is 5.92 Å². The minimum absolute atomic E-state index is 0.0771. The molecule has 0 spiro atoms. The molecule has 1 aromatic rings. The summed E-state index contributed by atoms with van der Waals surface area (Å²) in [6.45, 7) is 2.52. The van der Waals surface area contributed by atoms with E-state index in [2.05, 4.69) is 10.5 Å². The Morgan fingerprint density at radius 2 is 2.14 bits per heavy atom. The lowest BCUT2D eigenvalue weighted by molar-refractivity contribution is -0.124. The van der Waals surface area contributed by atoms with E-state index in [-0.39, 0.29) is 17.4 Å². The first-order chi connectivity index (χ1) is 10.00. The molecule has 0 radical (unpaired) electrons. The van der Waals surface area contributed by atoms with Crippen molar-refractivity contribution in [3.63, 3.8) is 0 Å². The van der Waals surface area contributed by atoms with Crippen molar-refractivity contribution in [3.8, 4) is 5.75 Å². The fraction of sp³-hybridized carbons (Fsp3) is 0.429. The Balaban J connectivity index is 1.86. The van der Waals surface area contributed by atoms with Crippen LogP contribution < -0.4 is 10.2 Å². The Morgan fingerprint density at radius 1 is 1.43 bits per heavy atom. The lowest BCUT2D eigenvalue weighted by atomic mass is 10.1. The molecule has 1 aliphatic rings. The molecule has 0 aromatic heterocycles. The number of sulfone groups is 1. The highest BCUT2D eigenvalue weighted by molar-refractivity contribution is 7.91. The van der Waals surface area contributed by atoms with E-state index in [1.807, 2.05) is 31.2 Å². The zero-order chi connectivity index (χ0) is 15.3. The van der Waals surface area contributed by atoms with Gasteiger partial charge in [0.25, 0.3) is 0 Å². The van der Waals surface area contributed by atoms with Gasteiger partial charge in [-0.2, -0.15) is 5.10 Å². The zero-order valence-corrected chi connectivity index (χ0v) is 12.6. The highest BCUT2D eigenvalue weighted by Crippen LogP contribution is 2.18. The van der Waals surface area contributed by atoms with Crippen molar-refractivity contribution in [3.05, 3.63) is 29.8 Å². The van der Waals surface area contributed by atoms with Crippen molar-refractivity contribution >= 4 is 22.0 Å². The first-order valence-corrected chi connectivity index (χ1v) is 8.58. The largest absolute Gasteiger partial charge is 0.494 e. The summed E-state index contributed by atoms with van der Waals surface area (Å²) < 4.78 is 27.9. The third-order valence-corrected chi connectivity index (χ3v) is 4.95. The van der Waals surface area contributed by atoms with Crippen LogP contribution in [0.3, 0.4) is 0 Å². The monoisotopic (exact) mass is 310 g/mol. The summed E-state index contributed by atoms with van der Waals surface area (Å²) in [4.78, 5) is 11.8. The van der Waals surface area contributed by atoms with Gasteiger partial charge in [0.05, 0.1) is 30.2 Å². The number of hydrazone groups is 1. The van der Waals surface area contributed by atoms with Crippen molar-refractivity contribution < 1.29 is 17.9 Å². The summed E-state index contributed by atoms with van der Waals surface area (Å²) in [6.07, 6.45) is 1.88. The predicted octanol–water partition coefficient (Wildman–Crippen LogP) is 0.970. The fourth-order valence-corrected chi connectivity index (χ4v) is 3.82. The topological polar surface area (TPSA) is 84.8 Å². The Morgan fingerprint density at radius 3 is 2.71 bits per heavy atom. The second-order valence-electron chi connectivity index (χ2n) is 4.84. The quantitative estimate of drug-likeness (QED) is 0.649. The average Bonchev–Trinajstić information content (AvgIpc) is 2.81. The van der Waals surface area contributed by atoms with E-state index in [1.165, 1.54) is 6.21 Å². The number of hydrogen-bond acceptors (Lipinski definition) is 5. The number of ether oxygens (including phenoxy) is 1. The Hall–Kier alpha value is -1.89. The summed E-state index contributed by atoms with van der Waals surface area (Å²) in [5.74, 6) is -0.0777. The molecule has 21 heavy (non-hydrogen) atoms. The van der Waals surface area contributed by atoms with Gasteiger partial charge in [0.2, 0.25) is 5.91 Å². The second-order valence-corrected chi connectivity index (χ2v) is 7.06. The van der Waals surface area contributed by atoms with Gasteiger partial charge >= 0.3 is 0 Å². The lowest BCUT2D eigenvalue weighted by Crippen LogP contribution is -2.27. The van der Waals surface area contributed by atoms with E-state index in [0.717, 1.165) is 11.3 Å². The van der Waals surface area contributed by atoms with Crippen molar-refractivity contribution in [2.45, 2.75) is 13.3 Å². The minimum atomic E-state index is -3.05. The Labute approximate surface area is 124 Å². The molecule has 1 amide bonds. The maximum atomic E-state index is 11.8. The molecule has 0 saturated carbocycles. The molecule has 1 atom stereocenters. The Bertz CT molecular complexity index is 623. The van der Waals surface area contributed by atoms with E-state index < -0.39 is 15.8 Å². The molecule has 1 aromatic carbocycles. The number of hydrogen-bond donors (Lipinski definition) is 1. The smallest absolute Gasteiger partial charge is 0.244 e. The van der Waals surface area contributed by atoms with Gasteiger partial charge < -0.3 is 4.74 Å². The predicted molar refractivity (Wildman–Crippen MR) is 80.1 cm³/mol. The summed E-state index contributed by atoms with van der Waals surface area (Å²) >= 11 is 0. The number of nitrogens with zero attached hydrogens (tertiary/aromatic N) is 1. The second kappa shape index (κ2) is 6.71. The molecule has 2 rings (SSSR count). The van der Waals surface area contributed by atoms with Crippen LogP contribution in [0.4, 0.5) is 0 Å². The van der Waals surface area contributed by atoms with Crippen LogP contribution in [0.25, 0.3) is 0 Å². The zero-order valence-electron chi connectivity index (χ0n) is 11.8. The number of rotatable bonds is 5. The van der Waals surface area contributed by atoms with Crippen LogP contribution in [0.15, 0.2) is 29.4 Å². The van der Waals surface area contributed by atoms with E-state index in [1.54, 1.807) is 0 Å². The number of carbonyl (C=O) groups excluding carboxylic acids is 1. The van der Waals surface area contributed by atoms with Crippen molar-refractivity contribution in [2.24, 2.45) is 11.0 Å². The molecule has 1 heterocycles. The maximum absolute atomic E-state index is 11.8. The average molecular weight is 310 g/mol. The maximum Gasteiger partial charge on any atom is 0.244 e. The van der Waals surface area contributed by atoms with Gasteiger partial charge in [0, 0.05) is 0 Å². The normalized spacial score (nSPS) is 20.5. The molecular formula is C14H18N2O4S. The number of amides is 1. The molecular weight excluding hydrogens is 292 g/mol. The van der Waals surface area contributed by atoms with Gasteiger partial charge in [-0.1, -0.05) is 0 Å². The molecule has 1 fully saturated rings. The molecule has 7 heteroatoms. The Kier molecular flexibility index (Phi) is 4.95. The number of nitrogens with one attached hydrogen (secondary N) is 1. The van der Waals surface area contributed by atoms with Crippen LogP contribution in [0.1, 0.15) is 18.9 Å². The van der Waals surface area contributed by atoms with E-state index in [0.29, 0.717) is 13.0 Å². The van der Waals surface area contributed by atoms with E-state index in [4.69, 9.17) is 4.74 Å². The summed E-state index contributed by atoms with van der Waals surface area (Å²) in [5.41, 5.74) is 3.20. The summed E-state index contributed by atoms with van der Waals surface area (Å²) in [5, 5.41) is 3.85. The molecule has 0 unspecified atom stereocenters. The van der Waals surface area contributed by atoms with Gasteiger partial charge in [0.1, 0.15) is 5.75 Å². The van der Waals surface area contributed by atoms with Gasteiger partial charge in [0.15, 0.2) is 9.84 Å². The third-order valence-electron chi connectivity index (χ3n) is 3.18. The highest BCUT2D eigenvalue weighted by atomic mass is 32.2. The molecule has 6 nitrogen and oxygen atoms in total. The standard InChI is InChI=1S/C14H18N2O4S/c1-2-20-13-5-3-11(4-6-13)9-15-16-14(17)12-7-8-21(18,19)10-12/h3-6,9,12H,2,7-8,10H2,1H3,(H,16,17)/b15-9-/t12-/m0/s1. The van der Waals surface area contributed by atoms with Crippen LogP contribution in [-0.2, 0) is 14.6 Å². The van der Waals surface area contributed by atoms with Crippen LogP contribution in [0.5, 0.6) is 5.75 Å².